The van der Waals surface area contributed by atoms with Gasteiger partial charge in [-0.1, -0.05) is 25.6 Å². The quantitative estimate of drug-likeness (QED) is 0.778. The van der Waals surface area contributed by atoms with Crippen molar-refractivity contribution < 1.29 is 0 Å². The highest BCUT2D eigenvalue weighted by atomic mass is 32.2. The molecule has 0 radical (unpaired) electrons. The first-order valence-corrected chi connectivity index (χ1v) is 7.62. The summed E-state index contributed by atoms with van der Waals surface area (Å²) in [4.78, 5) is 7.36. The maximum absolute atomic E-state index is 4.95. The summed E-state index contributed by atoms with van der Waals surface area (Å²) < 4.78 is 0. The van der Waals surface area contributed by atoms with E-state index in [-0.39, 0.29) is 0 Å². The van der Waals surface area contributed by atoms with Crippen LogP contribution in [0.3, 0.4) is 0 Å². The average molecular weight is 255 g/mol. The third-order valence-electron chi connectivity index (χ3n) is 3.71. The summed E-state index contributed by atoms with van der Waals surface area (Å²) in [6, 6.07) is 1.09. The standard InChI is InChI=1S/C13H25N3S/c1-9-8-16(4)6-5-12(9)15-13-14-10(2)7-11(3)17-13/h9-12H,5-8H2,1-4H3,(H,14,15). The Kier molecular flexibility index (Phi) is 4.36. The predicted molar refractivity (Wildman–Crippen MR) is 76.8 cm³/mol. The summed E-state index contributed by atoms with van der Waals surface area (Å²) in [7, 11) is 2.21. The van der Waals surface area contributed by atoms with E-state index < -0.39 is 0 Å². The van der Waals surface area contributed by atoms with Gasteiger partial charge in [0.25, 0.3) is 0 Å². The Bertz CT molecular complexity index is 280. The molecule has 0 saturated carbocycles. The summed E-state index contributed by atoms with van der Waals surface area (Å²) in [5.41, 5.74) is 0. The maximum atomic E-state index is 4.95. The number of nitrogens with one attached hydrogen (secondary N) is 1. The lowest BCUT2D eigenvalue weighted by Gasteiger charge is -2.34. The Balaban J connectivity index is 1.98. The normalized spacial score (nSPS) is 42.5. The fourth-order valence-corrected chi connectivity index (χ4v) is 4.02. The summed E-state index contributed by atoms with van der Waals surface area (Å²) in [5.74, 6) is 0.677. The lowest BCUT2D eigenvalue weighted by molar-refractivity contribution is 0.198. The Labute approximate surface area is 109 Å². The fraction of sp³-hybridized carbons (Fsp3) is 0.923. The largest absolute Gasteiger partial charge is 0.362 e. The molecule has 0 aromatic carbocycles. The van der Waals surface area contributed by atoms with Crippen LogP contribution in [0, 0.1) is 5.92 Å². The van der Waals surface area contributed by atoms with Gasteiger partial charge in [-0.2, -0.15) is 0 Å². The minimum Gasteiger partial charge on any atom is -0.362 e. The molecule has 0 bridgehead atoms. The topological polar surface area (TPSA) is 27.6 Å². The van der Waals surface area contributed by atoms with Gasteiger partial charge < -0.3 is 10.2 Å². The molecular formula is C13H25N3S. The van der Waals surface area contributed by atoms with E-state index in [0.717, 1.165) is 0 Å². The first-order chi connectivity index (χ1) is 8.04. The number of hydrogen-bond acceptors (Lipinski definition) is 3. The molecule has 0 aromatic heterocycles. The number of piperidine rings is 1. The van der Waals surface area contributed by atoms with Crippen LogP contribution >= 0.6 is 11.8 Å². The van der Waals surface area contributed by atoms with Gasteiger partial charge in [0.2, 0.25) is 0 Å². The maximum Gasteiger partial charge on any atom is 0.157 e. The second kappa shape index (κ2) is 5.61. The zero-order valence-corrected chi connectivity index (χ0v) is 12.3. The molecule has 4 unspecified atom stereocenters. The van der Waals surface area contributed by atoms with E-state index in [0.29, 0.717) is 23.3 Å². The molecule has 0 amide bonds. The first kappa shape index (κ1) is 13.2. The SMILES string of the molecule is CC1CC(C)SC(=NC2CCN(C)CC2C)N1. The monoisotopic (exact) mass is 255 g/mol. The molecule has 2 saturated heterocycles. The smallest absolute Gasteiger partial charge is 0.157 e. The third kappa shape index (κ3) is 3.62. The van der Waals surface area contributed by atoms with E-state index in [1.807, 2.05) is 11.8 Å². The van der Waals surface area contributed by atoms with E-state index in [1.54, 1.807) is 0 Å². The van der Waals surface area contributed by atoms with Crippen LogP contribution in [0.2, 0.25) is 0 Å². The molecule has 2 rings (SSSR count). The van der Waals surface area contributed by atoms with E-state index >= 15 is 0 Å². The van der Waals surface area contributed by atoms with Crippen LogP contribution in [-0.4, -0.2) is 47.5 Å². The third-order valence-corrected chi connectivity index (χ3v) is 4.76. The number of nitrogens with zero attached hydrogens (tertiary/aromatic N) is 2. The lowest BCUT2D eigenvalue weighted by atomic mass is 9.95. The van der Waals surface area contributed by atoms with Crippen molar-refractivity contribution in [3.63, 3.8) is 0 Å². The first-order valence-electron chi connectivity index (χ1n) is 6.74. The van der Waals surface area contributed by atoms with Crippen LogP contribution in [0.1, 0.15) is 33.6 Å². The minimum absolute atomic E-state index is 0.513. The summed E-state index contributed by atoms with van der Waals surface area (Å²) >= 11 is 1.91. The molecule has 4 heteroatoms. The van der Waals surface area contributed by atoms with Gasteiger partial charge in [0.05, 0.1) is 6.04 Å². The van der Waals surface area contributed by atoms with E-state index in [1.165, 1.54) is 31.1 Å². The van der Waals surface area contributed by atoms with Gasteiger partial charge in [-0.3, -0.25) is 4.99 Å². The molecule has 17 heavy (non-hydrogen) atoms. The fourth-order valence-electron chi connectivity index (χ4n) is 2.79. The Morgan fingerprint density at radius 2 is 2.12 bits per heavy atom. The molecule has 2 heterocycles. The number of rotatable bonds is 1. The molecule has 4 atom stereocenters. The van der Waals surface area contributed by atoms with Gasteiger partial charge in [0.1, 0.15) is 0 Å². The highest BCUT2D eigenvalue weighted by Gasteiger charge is 2.26. The molecular weight excluding hydrogens is 230 g/mol. The number of hydrogen-bond donors (Lipinski definition) is 1. The summed E-state index contributed by atoms with van der Waals surface area (Å²) in [5, 5.41) is 5.40. The van der Waals surface area contributed by atoms with Crippen LogP contribution in [0.15, 0.2) is 4.99 Å². The Morgan fingerprint density at radius 3 is 2.76 bits per heavy atom. The molecule has 0 spiro atoms. The van der Waals surface area contributed by atoms with Gasteiger partial charge >= 0.3 is 0 Å². The van der Waals surface area contributed by atoms with Gasteiger partial charge in [0.15, 0.2) is 5.17 Å². The van der Waals surface area contributed by atoms with Gasteiger partial charge in [-0.25, -0.2) is 0 Å². The van der Waals surface area contributed by atoms with Crippen molar-refractivity contribution in [2.24, 2.45) is 10.9 Å². The minimum atomic E-state index is 0.513. The van der Waals surface area contributed by atoms with Crippen molar-refractivity contribution >= 4 is 16.9 Å². The Hall–Kier alpha value is -0.220. The van der Waals surface area contributed by atoms with Crippen LogP contribution < -0.4 is 5.32 Å². The zero-order chi connectivity index (χ0) is 12.4. The van der Waals surface area contributed by atoms with Crippen molar-refractivity contribution in [3.05, 3.63) is 0 Å². The van der Waals surface area contributed by atoms with Gasteiger partial charge in [-0.15, -0.1) is 0 Å². The van der Waals surface area contributed by atoms with E-state index in [4.69, 9.17) is 4.99 Å². The van der Waals surface area contributed by atoms with Gasteiger partial charge in [0, 0.05) is 17.8 Å². The van der Waals surface area contributed by atoms with Crippen molar-refractivity contribution in [3.8, 4) is 0 Å². The Morgan fingerprint density at radius 1 is 1.35 bits per heavy atom. The molecule has 2 aliphatic heterocycles. The number of amidine groups is 1. The van der Waals surface area contributed by atoms with Crippen molar-refractivity contribution in [1.82, 2.24) is 10.2 Å². The number of likely N-dealkylation sites (tertiary alicyclic amines) is 1. The molecule has 3 nitrogen and oxygen atoms in total. The summed E-state index contributed by atoms with van der Waals surface area (Å²) in [6.45, 7) is 9.24. The van der Waals surface area contributed by atoms with Crippen molar-refractivity contribution in [2.45, 2.75) is 50.9 Å². The molecule has 2 aliphatic rings. The van der Waals surface area contributed by atoms with E-state index in [9.17, 15) is 0 Å². The zero-order valence-electron chi connectivity index (χ0n) is 11.4. The average Bonchev–Trinajstić information content (AvgIpc) is 2.21. The molecule has 0 aromatic rings. The number of thioether (sulfide) groups is 1. The highest BCUT2D eigenvalue weighted by molar-refractivity contribution is 8.14. The van der Waals surface area contributed by atoms with E-state index in [2.05, 4.69) is 38.0 Å². The van der Waals surface area contributed by atoms with Crippen LogP contribution in [-0.2, 0) is 0 Å². The molecule has 2 fully saturated rings. The predicted octanol–water partition coefficient (Wildman–Crippen LogP) is 2.19. The molecule has 0 aliphatic carbocycles. The van der Waals surface area contributed by atoms with Gasteiger partial charge in [-0.05, 0) is 39.3 Å². The van der Waals surface area contributed by atoms with Crippen molar-refractivity contribution in [2.75, 3.05) is 20.1 Å². The lowest BCUT2D eigenvalue weighted by Crippen LogP contribution is -2.42. The van der Waals surface area contributed by atoms with Crippen LogP contribution in [0.25, 0.3) is 0 Å². The van der Waals surface area contributed by atoms with Crippen LogP contribution in [0.4, 0.5) is 0 Å². The van der Waals surface area contributed by atoms with Crippen LogP contribution in [0.5, 0.6) is 0 Å². The highest BCUT2D eigenvalue weighted by Crippen LogP contribution is 2.25. The molecule has 98 valence electrons. The summed E-state index contributed by atoms with van der Waals surface area (Å²) in [6.07, 6.45) is 2.44. The van der Waals surface area contributed by atoms with Crippen molar-refractivity contribution in [1.29, 1.82) is 0 Å². The second-order valence-corrected chi connectivity index (χ2v) is 7.17. The second-order valence-electron chi connectivity index (χ2n) is 5.74. The molecule has 1 N–H and O–H groups in total. The number of aliphatic imine (C=N–C) groups is 1.